The van der Waals surface area contributed by atoms with Crippen molar-refractivity contribution < 1.29 is 32.2 Å². The van der Waals surface area contributed by atoms with E-state index in [0.717, 1.165) is 4.31 Å². The standard InChI is InChI=1S/C31H30N6O7S/c1-4-43-31(39)35-30(32)21-10-13-23(14-11-21)44-19-27-34-24-17-22(12-15-25(24)36(27)2)37(18-28(38)42-3)45(40,41)26-9-5-7-20-8-6-16-33-29(20)26/h5-17H,4,18-19H2,1-3H3,(H2,32,35,39). The third kappa shape index (κ3) is 6.55. The molecule has 45 heavy (non-hydrogen) atoms. The molecule has 0 unspecified atom stereocenters. The Morgan fingerprint density at radius 2 is 1.80 bits per heavy atom. The molecule has 0 saturated heterocycles. The normalized spacial score (nSPS) is 11.3. The minimum atomic E-state index is -4.26. The predicted molar refractivity (Wildman–Crippen MR) is 167 cm³/mol. The number of alkyl carbamates (subject to hydrolysis) is 1. The number of nitrogens with zero attached hydrogens (tertiary/aromatic N) is 4. The van der Waals surface area contributed by atoms with Crippen molar-refractivity contribution in [1.29, 1.82) is 5.41 Å². The van der Waals surface area contributed by atoms with E-state index in [1.807, 2.05) is 11.6 Å². The van der Waals surface area contributed by atoms with Crippen molar-refractivity contribution in [2.45, 2.75) is 18.4 Å². The zero-order valence-corrected chi connectivity index (χ0v) is 25.5. The van der Waals surface area contributed by atoms with E-state index in [9.17, 15) is 18.0 Å². The third-order valence-corrected chi connectivity index (χ3v) is 8.73. The summed E-state index contributed by atoms with van der Waals surface area (Å²) >= 11 is 0. The third-order valence-electron chi connectivity index (χ3n) is 6.92. The molecule has 5 aromatic rings. The number of amides is 1. The number of anilines is 1. The van der Waals surface area contributed by atoms with E-state index < -0.39 is 28.6 Å². The molecule has 5 rings (SSSR count). The van der Waals surface area contributed by atoms with E-state index in [2.05, 4.69) is 15.3 Å². The van der Waals surface area contributed by atoms with Crippen molar-refractivity contribution in [2.75, 3.05) is 24.6 Å². The Labute approximate surface area is 258 Å². The monoisotopic (exact) mass is 630 g/mol. The van der Waals surface area contributed by atoms with Crippen LogP contribution in [0.5, 0.6) is 5.75 Å². The maximum atomic E-state index is 14.0. The van der Waals surface area contributed by atoms with Crippen LogP contribution >= 0.6 is 0 Å². The highest BCUT2D eigenvalue weighted by atomic mass is 32.2. The van der Waals surface area contributed by atoms with Crippen LogP contribution < -0.4 is 14.4 Å². The minimum Gasteiger partial charge on any atom is -0.486 e. The maximum absolute atomic E-state index is 14.0. The Hall–Kier alpha value is -5.50. The molecule has 13 nitrogen and oxygen atoms in total. The van der Waals surface area contributed by atoms with Gasteiger partial charge in [-0.05, 0) is 61.5 Å². The Kier molecular flexibility index (Phi) is 8.95. The van der Waals surface area contributed by atoms with Crippen molar-refractivity contribution in [1.82, 2.24) is 19.9 Å². The Bertz CT molecular complexity index is 2000. The number of hydrogen-bond acceptors (Lipinski definition) is 10. The highest BCUT2D eigenvalue weighted by molar-refractivity contribution is 7.93. The SMILES string of the molecule is CCOC(=O)NC(=N)c1ccc(OCc2nc3cc(N(CC(=O)OC)S(=O)(=O)c4cccc5cccnc45)ccc3n2C)cc1. The van der Waals surface area contributed by atoms with Gasteiger partial charge in [-0.15, -0.1) is 0 Å². The quantitative estimate of drug-likeness (QED) is 0.131. The van der Waals surface area contributed by atoms with Crippen LogP contribution in [0.3, 0.4) is 0 Å². The number of carbonyl (C=O) groups excluding carboxylic acids is 2. The highest BCUT2D eigenvalue weighted by Gasteiger charge is 2.30. The molecule has 14 heteroatoms. The molecule has 2 N–H and O–H groups in total. The molecule has 0 atom stereocenters. The molecular weight excluding hydrogens is 600 g/mol. The Morgan fingerprint density at radius 3 is 2.53 bits per heavy atom. The van der Waals surface area contributed by atoms with Gasteiger partial charge in [0, 0.05) is 24.2 Å². The van der Waals surface area contributed by atoms with E-state index in [4.69, 9.17) is 19.6 Å². The predicted octanol–water partition coefficient (Wildman–Crippen LogP) is 4.14. The summed E-state index contributed by atoms with van der Waals surface area (Å²) in [5.74, 6) is 0.226. The highest BCUT2D eigenvalue weighted by Crippen LogP contribution is 2.30. The molecule has 0 aliphatic heterocycles. The molecule has 0 aliphatic rings. The second-order valence-corrected chi connectivity index (χ2v) is 11.5. The lowest BCUT2D eigenvalue weighted by Crippen LogP contribution is -2.36. The fourth-order valence-electron chi connectivity index (χ4n) is 4.63. The fourth-order valence-corrected chi connectivity index (χ4v) is 6.20. The van der Waals surface area contributed by atoms with Gasteiger partial charge in [-0.3, -0.25) is 24.8 Å². The summed E-state index contributed by atoms with van der Waals surface area (Å²) in [5, 5.41) is 11.0. The lowest BCUT2D eigenvalue weighted by atomic mass is 10.2. The van der Waals surface area contributed by atoms with Gasteiger partial charge >= 0.3 is 12.1 Å². The van der Waals surface area contributed by atoms with Crippen LogP contribution in [-0.2, 0) is 37.9 Å². The molecule has 0 bridgehead atoms. The zero-order valence-electron chi connectivity index (χ0n) is 24.7. The smallest absolute Gasteiger partial charge is 0.412 e. The molecule has 0 aliphatic carbocycles. The van der Waals surface area contributed by atoms with Gasteiger partial charge in [0.2, 0.25) is 0 Å². The number of fused-ring (bicyclic) bond motifs is 2. The van der Waals surface area contributed by atoms with Crippen LogP contribution in [0.15, 0.2) is 83.9 Å². The first-order chi connectivity index (χ1) is 21.6. The number of rotatable bonds is 10. The number of benzene rings is 3. The summed E-state index contributed by atoms with van der Waals surface area (Å²) in [7, 11) is -1.26. The van der Waals surface area contributed by atoms with Crippen LogP contribution in [0.2, 0.25) is 0 Å². The lowest BCUT2D eigenvalue weighted by molar-refractivity contribution is -0.138. The van der Waals surface area contributed by atoms with Gasteiger partial charge in [-0.2, -0.15) is 0 Å². The number of methoxy groups -OCH3 is 1. The number of aryl methyl sites for hydroxylation is 1. The number of nitrogens with one attached hydrogen (secondary N) is 2. The van der Waals surface area contributed by atoms with Gasteiger partial charge in [0.05, 0.1) is 36.0 Å². The topological polar surface area (TPSA) is 166 Å². The molecule has 0 spiro atoms. The molecule has 2 aromatic heterocycles. The van der Waals surface area contributed by atoms with Crippen LogP contribution in [-0.4, -0.2) is 61.1 Å². The number of amidine groups is 1. The number of aromatic nitrogens is 3. The lowest BCUT2D eigenvalue weighted by Gasteiger charge is -2.24. The van der Waals surface area contributed by atoms with E-state index in [0.29, 0.717) is 33.6 Å². The molecule has 2 heterocycles. The number of hydrogen-bond donors (Lipinski definition) is 2. The van der Waals surface area contributed by atoms with Crippen molar-refractivity contribution >= 4 is 55.5 Å². The molecule has 1 amide bonds. The maximum Gasteiger partial charge on any atom is 0.412 e. The number of esters is 1. The van der Waals surface area contributed by atoms with Crippen LogP contribution in [0.4, 0.5) is 10.5 Å². The second kappa shape index (κ2) is 13.0. The Balaban J connectivity index is 1.40. The summed E-state index contributed by atoms with van der Waals surface area (Å²) in [4.78, 5) is 32.9. The summed E-state index contributed by atoms with van der Waals surface area (Å²) in [6.07, 6.45) is 0.808. The number of sulfonamides is 1. The van der Waals surface area contributed by atoms with E-state index in [1.54, 1.807) is 73.7 Å². The average molecular weight is 631 g/mol. The van der Waals surface area contributed by atoms with E-state index in [-0.39, 0.29) is 35.1 Å². The largest absolute Gasteiger partial charge is 0.486 e. The van der Waals surface area contributed by atoms with Crippen molar-refractivity contribution in [3.8, 4) is 5.75 Å². The number of imidazole rings is 1. The summed E-state index contributed by atoms with van der Waals surface area (Å²) < 4.78 is 46.4. The van der Waals surface area contributed by atoms with E-state index in [1.165, 1.54) is 19.4 Å². The van der Waals surface area contributed by atoms with Crippen LogP contribution in [0.25, 0.3) is 21.9 Å². The van der Waals surface area contributed by atoms with Gasteiger partial charge in [0.15, 0.2) is 0 Å². The van der Waals surface area contributed by atoms with Crippen molar-refractivity contribution in [3.63, 3.8) is 0 Å². The first-order valence-electron chi connectivity index (χ1n) is 13.8. The number of ether oxygens (including phenoxy) is 3. The zero-order chi connectivity index (χ0) is 32.1. The van der Waals surface area contributed by atoms with Crippen LogP contribution in [0, 0.1) is 5.41 Å². The molecule has 232 valence electrons. The minimum absolute atomic E-state index is 0.0439. The van der Waals surface area contributed by atoms with Gasteiger partial charge in [-0.25, -0.2) is 18.2 Å². The van der Waals surface area contributed by atoms with E-state index >= 15 is 0 Å². The van der Waals surface area contributed by atoms with Crippen molar-refractivity contribution in [2.24, 2.45) is 7.05 Å². The van der Waals surface area contributed by atoms with Gasteiger partial charge in [0.1, 0.15) is 35.5 Å². The first-order valence-corrected chi connectivity index (χ1v) is 15.2. The summed E-state index contributed by atoms with van der Waals surface area (Å²) in [6.45, 7) is 1.40. The first kappa shape index (κ1) is 30.9. The molecule has 0 saturated carbocycles. The van der Waals surface area contributed by atoms with Gasteiger partial charge in [-0.1, -0.05) is 18.2 Å². The van der Waals surface area contributed by atoms with Gasteiger partial charge in [0.25, 0.3) is 10.0 Å². The van der Waals surface area contributed by atoms with Crippen molar-refractivity contribution in [3.05, 3.63) is 90.4 Å². The number of carbonyl (C=O) groups is 2. The fraction of sp³-hybridized carbons (Fsp3) is 0.194. The van der Waals surface area contributed by atoms with Crippen LogP contribution in [0.1, 0.15) is 18.3 Å². The molecular formula is C31H30N6O7S. The average Bonchev–Trinajstić information content (AvgIpc) is 3.36. The Morgan fingerprint density at radius 1 is 1.04 bits per heavy atom. The number of para-hydroxylation sites is 1. The summed E-state index contributed by atoms with van der Waals surface area (Å²) in [6, 6.07) is 19.8. The molecule has 0 radical (unpaired) electrons. The number of pyridine rings is 1. The van der Waals surface area contributed by atoms with Gasteiger partial charge < -0.3 is 18.8 Å². The second-order valence-electron chi connectivity index (χ2n) is 9.71. The molecule has 0 fully saturated rings. The summed E-state index contributed by atoms with van der Waals surface area (Å²) in [5.41, 5.74) is 2.18. The molecule has 3 aromatic carbocycles.